The molecule has 1 aromatic carbocycles. The minimum Gasteiger partial charge on any atom is -0.473 e. The number of aliphatic carboxylic acids is 2. The second kappa shape index (κ2) is 12.2. The molecule has 0 radical (unpaired) electrons. The van der Waals surface area contributed by atoms with E-state index in [0.29, 0.717) is 0 Å². The van der Waals surface area contributed by atoms with Gasteiger partial charge in [0.15, 0.2) is 0 Å². The third-order valence-corrected chi connectivity index (χ3v) is 6.66. The number of carboxylic acids is 2. The first-order valence-electron chi connectivity index (χ1n) is 10.8. The maximum Gasteiger partial charge on any atom is 0.414 e. The number of fused-ring (bicyclic) bond motifs is 1. The van der Waals surface area contributed by atoms with Gasteiger partial charge in [-0.3, -0.25) is 14.7 Å². The average Bonchev–Trinajstić information content (AvgIpc) is 3.19. The maximum absolute atomic E-state index is 10.4. The number of carbonyl (C=O) groups is 2. The Morgan fingerprint density at radius 1 is 0.906 bits per heavy atom. The predicted molar refractivity (Wildman–Crippen MR) is 122 cm³/mol. The average molecular weight is 466 g/mol. The molecule has 2 aliphatic rings. The molecule has 176 valence electrons. The summed E-state index contributed by atoms with van der Waals surface area (Å²) >= 11 is 1.84. The molecule has 2 aliphatic heterocycles. The predicted octanol–water partition coefficient (Wildman–Crippen LogP) is 0.868. The number of aliphatic hydroxyl groups is 1. The van der Waals surface area contributed by atoms with E-state index in [9.17, 15) is 5.11 Å². The summed E-state index contributed by atoms with van der Waals surface area (Å²) in [6, 6.07) is 8.69. The van der Waals surface area contributed by atoms with Crippen molar-refractivity contribution in [2.75, 3.05) is 65.6 Å². The fraction of sp³-hybridized carbons (Fsp3) is 0.545. The van der Waals surface area contributed by atoms with Crippen molar-refractivity contribution in [3.8, 4) is 0 Å². The number of nitrogens with zero attached hydrogens (tertiary/aromatic N) is 3. The third kappa shape index (κ3) is 7.51. The molecular formula is C22H31N3O6S. The molecule has 2 fully saturated rings. The van der Waals surface area contributed by atoms with Crippen molar-refractivity contribution in [1.29, 1.82) is 0 Å². The summed E-state index contributed by atoms with van der Waals surface area (Å²) < 4.78 is 6.76. The number of carboxylic acid groups (broad SMARTS) is 2. The number of thiophene rings is 1. The molecule has 9 nitrogen and oxygen atoms in total. The molecule has 0 aliphatic carbocycles. The van der Waals surface area contributed by atoms with Gasteiger partial charge in [-0.2, -0.15) is 0 Å². The van der Waals surface area contributed by atoms with Crippen molar-refractivity contribution in [1.82, 2.24) is 14.7 Å². The van der Waals surface area contributed by atoms with Gasteiger partial charge in [0.25, 0.3) is 0 Å². The van der Waals surface area contributed by atoms with E-state index in [1.165, 1.54) is 15.6 Å². The van der Waals surface area contributed by atoms with Gasteiger partial charge < -0.3 is 20.1 Å². The highest BCUT2D eigenvalue weighted by Crippen LogP contribution is 2.26. The molecule has 2 saturated heterocycles. The van der Waals surface area contributed by atoms with Crippen LogP contribution in [0.15, 0.2) is 29.6 Å². The van der Waals surface area contributed by atoms with Crippen molar-refractivity contribution >= 4 is 33.4 Å². The van der Waals surface area contributed by atoms with Crippen molar-refractivity contribution in [2.45, 2.75) is 12.6 Å². The lowest BCUT2D eigenvalue weighted by Crippen LogP contribution is -2.50. The summed E-state index contributed by atoms with van der Waals surface area (Å²) in [7, 11) is 0. The van der Waals surface area contributed by atoms with Crippen LogP contribution in [0, 0.1) is 0 Å². The van der Waals surface area contributed by atoms with Crippen LogP contribution in [0.3, 0.4) is 0 Å². The summed E-state index contributed by atoms with van der Waals surface area (Å²) in [5.41, 5.74) is 1.45. The quantitative estimate of drug-likeness (QED) is 0.535. The number of ether oxygens (including phenoxy) is 1. The second-order valence-corrected chi connectivity index (χ2v) is 8.92. The zero-order chi connectivity index (χ0) is 22.9. The smallest absolute Gasteiger partial charge is 0.414 e. The van der Waals surface area contributed by atoms with Gasteiger partial charge >= 0.3 is 11.9 Å². The van der Waals surface area contributed by atoms with E-state index in [2.05, 4.69) is 44.3 Å². The van der Waals surface area contributed by atoms with Crippen molar-refractivity contribution in [3.05, 3.63) is 35.2 Å². The van der Waals surface area contributed by atoms with E-state index in [0.717, 1.165) is 72.1 Å². The molecule has 2 aromatic rings. The zero-order valence-corrected chi connectivity index (χ0v) is 18.9. The first-order valence-corrected chi connectivity index (χ1v) is 11.6. The van der Waals surface area contributed by atoms with Crippen molar-refractivity contribution in [3.63, 3.8) is 0 Å². The first-order chi connectivity index (χ1) is 15.4. The fourth-order valence-electron chi connectivity index (χ4n) is 3.96. The second-order valence-electron chi connectivity index (χ2n) is 8.01. The highest BCUT2D eigenvalue weighted by Gasteiger charge is 2.22. The molecule has 1 atom stereocenters. The van der Waals surface area contributed by atoms with Gasteiger partial charge in [0.05, 0.1) is 19.3 Å². The standard InChI is InChI=1S/C20H29N3O2S.C2H2O4/c24-18(15-23-9-11-25-12-10-23)14-22-7-5-21(6-8-22)13-17-16-26-20-4-2-1-3-19(17)20;3-1(4)2(5)6/h1-4,16,18,24H,5-15H2;(H,3,4)(H,5,6). The summed E-state index contributed by atoms with van der Waals surface area (Å²) in [6.07, 6.45) is -0.263. The Hall–Kier alpha value is -2.08. The number of hydrogen-bond acceptors (Lipinski definition) is 8. The summed E-state index contributed by atoms with van der Waals surface area (Å²) in [4.78, 5) is 25.5. The molecule has 0 amide bonds. The molecule has 0 saturated carbocycles. The van der Waals surface area contributed by atoms with Crippen LogP contribution in [0.5, 0.6) is 0 Å². The number of morpholine rings is 1. The molecular weight excluding hydrogens is 434 g/mol. The van der Waals surface area contributed by atoms with Gasteiger partial charge in [-0.1, -0.05) is 18.2 Å². The van der Waals surface area contributed by atoms with Crippen molar-refractivity contribution in [2.24, 2.45) is 0 Å². The number of aliphatic hydroxyl groups excluding tert-OH is 1. The van der Waals surface area contributed by atoms with Gasteiger partial charge in [-0.25, -0.2) is 9.59 Å². The Bertz CT molecular complexity index is 865. The van der Waals surface area contributed by atoms with E-state index in [-0.39, 0.29) is 6.10 Å². The Labute approximate surface area is 191 Å². The van der Waals surface area contributed by atoms with E-state index < -0.39 is 11.9 Å². The highest BCUT2D eigenvalue weighted by molar-refractivity contribution is 7.17. The van der Waals surface area contributed by atoms with E-state index in [1.807, 2.05) is 11.3 Å². The monoisotopic (exact) mass is 465 g/mol. The SMILES string of the molecule is O=C(O)C(=O)O.OC(CN1CCOCC1)CN1CCN(Cc2csc3ccccc23)CC1. The first kappa shape index (κ1) is 24.6. The minimum atomic E-state index is -1.82. The van der Waals surface area contributed by atoms with Crippen LogP contribution in [0.2, 0.25) is 0 Å². The van der Waals surface area contributed by atoms with Crippen LogP contribution in [0.4, 0.5) is 0 Å². The number of piperazine rings is 1. The zero-order valence-electron chi connectivity index (χ0n) is 18.1. The van der Waals surface area contributed by atoms with E-state index in [4.69, 9.17) is 24.5 Å². The minimum absolute atomic E-state index is 0.263. The molecule has 32 heavy (non-hydrogen) atoms. The molecule has 4 rings (SSSR count). The molecule has 1 aromatic heterocycles. The molecule has 0 bridgehead atoms. The highest BCUT2D eigenvalue weighted by atomic mass is 32.1. The Balaban J connectivity index is 0.000000427. The molecule has 0 spiro atoms. The van der Waals surface area contributed by atoms with Crippen LogP contribution in [-0.2, 0) is 20.9 Å². The van der Waals surface area contributed by atoms with Crippen LogP contribution < -0.4 is 0 Å². The van der Waals surface area contributed by atoms with Gasteiger partial charge in [0.1, 0.15) is 0 Å². The van der Waals surface area contributed by atoms with Crippen LogP contribution in [-0.4, -0.2) is 114 Å². The third-order valence-electron chi connectivity index (χ3n) is 5.64. The normalized spacial score (nSPS) is 19.3. The Morgan fingerprint density at radius 2 is 1.47 bits per heavy atom. The van der Waals surface area contributed by atoms with E-state index >= 15 is 0 Å². The van der Waals surface area contributed by atoms with Gasteiger partial charge in [0, 0.05) is 63.6 Å². The van der Waals surface area contributed by atoms with Gasteiger partial charge in [0.2, 0.25) is 0 Å². The number of β-amino-alcohol motifs (C(OH)–C–C–N with tert-alkyl or cyclic N) is 1. The topological polar surface area (TPSA) is 114 Å². The summed E-state index contributed by atoms with van der Waals surface area (Å²) in [5.74, 6) is -3.65. The Kier molecular flexibility index (Phi) is 9.39. The lowest BCUT2D eigenvalue weighted by atomic mass is 10.1. The van der Waals surface area contributed by atoms with E-state index in [1.54, 1.807) is 0 Å². The summed E-state index contributed by atoms with van der Waals surface area (Å²) in [6.45, 7) is 10.3. The lowest BCUT2D eigenvalue weighted by molar-refractivity contribution is -0.159. The molecule has 1 unspecified atom stereocenters. The van der Waals surface area contributed by atoms with Crippen molar-refractivity contribution < 1.29 is 29.6 Å². The van der Waals surface area contributed by atoms with Crippen LogP contribution in [0.1, 0.15) is 5.56 Å². The number of hydrogen-bond donors (Lipinski definition) is 3. The molecule has 3 heterocycles. The number of rotatable bonds is 6. The largest absolute Gasteiger partial charge is 0.473 e. The summed E-state index contributed by atoms with van der Waals surface area (Å²) in [5, 5.41) is 28.9. The fourth-order valence-corrected chi connectivity index (χ4v) is 4.92. The van der Waals surface area contributed by atoms with Gasteiger partial charge in [-0.15, -0.1) is 11.3 Å². The molecule has 10 heteroatoms. The van der Waals surface area contributed by atoms with Crippen LogP contribution >= 0.6 is 11.3 Å². The number of benzene rings is 1. The lowest BCUT2D eigenvalue weighted by Gasteiger charge is -2.36. The van der Waals surface area contributed by atoms with Gasteiger partial charge in [-0.05, 0) is 22.4 Å². The maximum atomic E-state index is 10.4. The molecule has 3 N–H and O–H groups in total. The van der Waals surface area contributed by atoms with Crippen LogP contribution in [0.25, 0.3) is 10.1 Å². The Morgan fingerprint density at radius 3 is 2.09 bits per heavy atom.